The summed E-state index contributed by atoms with van der Waals surface area (Å²) in [7, 11) is 2.06. The van der Waals surface area contributed by atoms with E-state index in [9.17, 15) is 0 Å². The molecule has 1 aromatic heterocycles. The van der Waals surface area contributed by atoms with Crippen molar-refractivity contribution >= 4 is 22.9 Å². The molecule has 0 fully saturated rings. The van der Waals surface area contributed by atoms with Crippen LogP contribution in [0, 0.1) is 6.92 Å². The summed E-state index contributed by atoms with van der Waals surface area (Å²) in [6, 6.07) is 8.03. The first-order chi connectivity index (χ1) is 9.10. The van der Waals surface area contributed by atoms with Gasteiger partial charge in [-0.25, -0.2) is 4.98 Å². The minimum absolute atomic E-state index is 0.153. The summed E-state index contributed by atoms with van der Waals surface area (Å²) in [6.07, 6.45) is 0. The van der Waals surface area contributed by atoms with Gasteiger partial charge in [-0.2, -0.15) is 0 Å². The minimum atomic E-state index is 0.153. The standard InChI is InChI=1S/C14H18ClN3S/c1-10-17-13(9-19-10)8-18(2)14(7-16)11-4-3-5-12(15)6-11/h3-6,9,14H,7-8,16H2,1-2H3. The molecule has 0 aliphatic heterocycles. The van der Waals surface area contributed by atoms with E-state index in [-0.39, 0.29) is 6.04 Å². The van der Waals surface area contributed by atoms with Crippen molar-refractivity contribution in [2.45, 2.75) is 19.5 Å². The normalized spacial score (nSPS) is 12.9. The molecule has 0 aliphatic rings. The fourth-order valence-electron chi connectivity index (χ4n) is 2.13. The van der Waals surface area contributed by atoms with Crippen LogP contribution in [0.3, 0.4) is 0 Å². The Hall–Kier alpha value is -0.940. The lowest BCUT2D eigenvalue weighted by Crippen LogP contribution is -2.30. The SMILES string of the molecule is Cc1nc(CN(C)C(CN)c2cccc(Cl)c2)cs1. The van der Waals surface area contributed by atoms with Gasteiger partial charge in [0.25, 0.3) is 0 Å². The van der Waals surface area contributed by atoms with Crippen molar-refractivity contribution in [3.63, 3.8) is 0 Å². The third-order valence-corrected chi connectivity index (χ3v) is 4.12. The maximum absolute atomic E-state index is 6.04. The van der Waals surface area contributed by atoms with Crippen molar-refractivity contribution in [3.05, 3.63) is 50.9 Å². The van der Waals surface area contributed by atoms with Gasteiger partial charge < -0.3 is 5.73 Å². The lowest BCUT2D eigenvalue weighted by molar-refractivity contribution is 0.239. The van der Waals surface area contributed by atoms with Crippen LogP contribution >= 0.6 is 22.9 Å². The van der Waals surface area contributed by atoms with Gasteiger partial charge in [-0.1, -0.05) is 23.7 Å². The van der Waals surface area contributed by atoms with E-state index in [4.69, 9.17) is 17.3 Å². The number of nitrogens with two attached hydrogens (primary N) is 1. The number of likely N-dealkylation sites (N-methyl/N-ethyl adjacent to an activating group) is 1. The van der Waals surface area contributed by atoms with Crippen molar-refractivity contribution in [1.29, 1.82) is 0 Å². The number of aryl methyl sites for hydroxylation is 1. The predicted molar refractivity (Wildman–Crippen MR) is 81.6 cm³/mol. The Morgan fingerprint density at radius 1 is 1.47 bits per heavy atom. The van der Waals surface area contributed by atoms with Gasteiger partial charge in [-0.3, -0.25) is 4.90 Å². The number of aromatic nitrogens is 1. The summed E-state index contributed by atoms with van der Waals surface area (Å²) in [6.45, 7) is 3.37. The van der Waals surface area contributed by atoms with Crippen LogP contribution in [0.25, 0.3) is 0 Å². The van der Waals surface area contributed by atoms with Gasteiger partial charge in [-0.15, -0.1) is 11.3 Å². The lowest BCUT2D eigenvalue weighted by atomic mass is 10.1. The largest absolute Gasteiger partial charge is 0.329 e. The molecule has 0 bridgehead atoms. The van der Waals surface area contributed by atoms with Crippen molar-refractivity contribution in [3.8, 4) is 0 Å². The maximum atomic E-state index is 6.04. The predicted octanol–water partition coefficient (Wildman–Crippen LogP) is 3.24. The Bertz CT molecular complexity index is 541. The number of rotatable bonds is 5. The molecule has 0 amide bonds. The third kappa shape index (κ3) is 3.76. The highest BCUT2D eigenvalue weighted by Gasteiger charge is 2.16. The maximum Gasteiger partial charge on any atom is 0.0897 e. The second-order valence-electron chi connectivity index (χ2n) is 4.58. The summed E-state index contributed by atoms with van der Waals surface area (Å²) in [5, 5.41) is 3.93. The highest BCUT2D eigenvalue weighted by atomic mass is 35.5. The Labute approximate surface area is 123 Å². The zero-order valence-electron chi connectivity index (χ0n) is 11.1. The van der Waals surface area contributed by atoms with Gasteiger partial charge >= 0.3 is 0 Å². The average Bonchev–Trinajstić information content (AvgIpc) is 2.75. The van der Waals surface area contributed by atoms with Crippen molar-refractivity contribution in [2.24, 2.45) is 5.73 Å². The summed E-state index contributed by atoms with van der Waals surface area (Å²) in [5.74, 6) is 0. The summed E-state index contributed by atoms with van der Waals surface area (Å²) in [4.78, 5) is 6.70. The highest BCUT2D eigenvalue weighted by Crippen LogP contribution is 2.23. The number of nitrogens with zero attached hydrogens (tertiary/aromatic N) is 2. The van der Waals surface area contributed by atoms with E-state index >= 15 is 0 Å². The third-order valence-electron chi connectivity index (χ3n) is 3.07. The monoisotopic (exact) mass is 295 g/mol. The molecule has 0 radical (unpaired) electrons. The van der Waals surface area contributed by atoms with Crippen LogP contribution in [0.5, 0.6) is 0 Å². The molecule has 0 saturated carbocycles. The summed E-state index contributed by atoms with van der Waals surface area (Å²) < 4.78 is 0. The first-order valence-electron chi connectivity index (χ1n) is 6.17. The average molecular weight is 296 g/mol. The van der Waals surface area contributed by atoms with E-state index in [0.29, 0.717) is 6.54 Å². The number of hydrogen-bond acceptors (Lipinski definition) is 4. The van der Waals surface area contributed by atoms with E-state index in [0.717, 1.165) is 27.8 Å². The fraction of sp³-hybridized carbons (Fsp3) is 0.357. The van der Waals surface area contributed by atoms with Crippen LogP contribution in [0.15, 0.2) is 29.6 Å². The molecule has 1 atom stereocenters. The van der Waals surface area contributed by atoms with Crippen LogP contribution in [0.4, 0.5) is 0 Å². The van der Waals surface area contributed by atoms with Crippen LogP contribution in [0.2, 0.25) is 5.02 Å². The second kappa shape index (κ2) is 6.48. The van der Waals surface area contributed by atoms with Gasteiger partial charge in [0.1, 0.15) is 0 Å². The molecule has 2 N–H and O–H groups in total. The highest BCUT2D eigenvalue weighted by molar-refractivity contribution is 7.09. The molecule has 0 spiro atoms. The molecular weight excluding hydrogens is 278 g/mol. The van der Waals surface area contributed by atoms with E-state index in [2.05, 4.69) is 28.4 Å². The van der Waals surface area contributed by atoms with Crippen molar-refractivity contribution < 1.29 is 0 Å². The van der Waals surface area contributed by atoms with E-state index < -0.39 is 0 Å². The zero-order chi connectivity index (χ0) is 13.8. The molecule has 0 saturated heterocycles. The molecule has 2 rings (SSSR count). The summed E-state index contributed by atoms with van der Waals surface area (Å²) >= 11 is 7.72. The molecule has 5 heteroatoms. The number of hydrogen-bond donors (Lipinski definition) is 1. The summed E-state index contributed by atoms with van der Waals surface area (Å²) in [5.41, 5.74) is 8.14. The quantitative estimate of drug-likeness (QED) is 0.921. The first-order valence-corrected chi connectivity index (χ1v) is 7.42. The Balaban J connectivity index is 2.12. The van der Waals surface area contributed by atoms with E-state index in [1.165, 1.54) is 0 Å². The minimum Gasteiger partial charge on any atom is -0.329 e. The van der Waals surface area contributed by atoms with Crippen LogP contribution in [-0.2, 0) is 6.54 Å². The molecule has 2 aromatic rings. The topological polar surface area (TPSA) is 42.2 Å². The molecule has 1 aromatic carbocycles. The van der Waals surface area contributed by atoms with Gasteiger partial charge in [0.05, 0.1) is 10.7 Å². The first kappa shape index (κ1) is 14.5. The number of thiazole rings is 1. The zero-order valence-corrected chi connectivity index (χ0v) is 12.7. The molecule has 19 heavy (non-hydrogen) atoms. The Kier molecular flexibility index (Phi) is 4.93. The molecule has 0 aliphatic carbocycles. The fourth-order valence-corrected chi connectivity index (χ4v) is 2.93. The molecule has 102 valence electrons. The van der Waals surface area contributed by atoms with Crippen LogP contribution in [-0.4, -0.2) is 23.5 Å². The van der Waals surface area contributed by atoms with Crippen molar-refractivity contribution in [1.82, 2.24) is 9.88 Å². The van der Waals surface area contributed by atoms with E-state index in [1.54, 1.807) is 11.3 Å². The van der Waals surface area contributed by atoms with Gasteiger partial charge in [0.15, 0.2) is 0 Å². The molecule has 1 heterocycles. The van der Waals surface area contributed by atoms with E-state index in [1.807, 2.05) is 25.1 Å². The van der Waals surface area contributed by atoms with Crippen LogP contribution < -0.4 is 5.73 Å². The second-order valence-corrected chi connectivity index (χ2v) is 6.08. The number of halogens is 1. The van der Waals surface area contributed by atoms with Gasteiger partial charge in [0, 0.05) is 29.5 Å². The molecular formula is C14H18ClN3S. The lowest BCUT2D eigenvalue weighted by Gasteiger charge is -2.26. The molecule has 3 nitrogen and oxygen atoms in total. The van der Waals surface area contributed by atoms with Crippen LogP contribution in [0.1, 0.15) is 22.3 Å². The Morgan fingerprint density at radius 3 is 2.84 bits per heavy atom. The smallest absolute Gasteiger partial charge is 0.0897 e. The van der Waals surface area contributed by atoms with Gasteiger partial charge in [-0.05, 0) is 31.7 Å². The Morgan fingerprint density at radius 2 is 2.26 bits per heavy atom. The molecule has 1 unspecified atom stereocenters. The van der Waals surface area contributed by atoms with Crippen molar-refractivity contribution in [2.75, 3.05) is 13.6 Å². The number of benzene rings is 1. The van der Waals surface area contributed by atoms with Gasteiger partial charge in [0.2, 0.25) is 0 Å².